The van der Waals surface area contributed by atoms with Gasteiger partial charge in [-0.1, -0.05) is 143 Å². The first kappa shape index (κ1) is 57.7. The Bertz CT molecular complexity index is 1240. The third kappa shape index (κ3) is 21.8. The molecule has 0 aliphatic carbocycles. The Morgan fingerprint density at radius 3 is 1.73 bits per heavy atom. The molecule has 2 heterocycles. The SMILES string of the molecule is CCCCCCCCCCCCCCCC(=O)OC1C(OC2OC(CO)C(O)C(OSOOO)C2O)OC(CO)C(O)C1OC(=O)C(C)=C[C@@H](C)C[C@@H](C)C[C@@H](C)C[C@@H](C)CCC. The lowest BCUT2D eigenvalue weighted by Gasteiger charge is -2.46. The molecule has 0 aromatic carbocycles. The second-order valence-corrected chi connectivity index (χ2v) is 18.8. The highest BCUT2D eigenvalue weighted by atomic mass is 32.2. The van der Waals surface area contributed by atoms with E-state index in [1.54, 1.807) is 6.92 Å². The van der Waals surface area contributed by atoms with Crippen molar-refractivity contribution in [2.24, 2.45) is 23.7 Å². The molecule has 2 saturated heterocycles. The molecule has 10 unspecified atom stereocenters. The maximum absolute atomic E-state index is 13.7. The molecule has 63 heavy (non-hydrogen) atoms. The van der Waals surface area contributed by atoms with Crippen LogP contribution in [0.4, 0.5) is 0 Å². The first-order valence-electron chi connectivity index (χ1n) is 23.8. The van der Waals surface area contributed by atoms with E-state index in [4.69, 9.17) is 33.1 Å². The van der Waals surface area contributed by atoms with Crippen molar-refractivity contribution in [2.45, 2.75) is 232 Å². The summed E-state index contributed by atoms with van der Waals surface area (Å²) in [5, 5.41) is 65.5. The van der Waals surface area contributed by atoms with E-state index in [0.29, 0.717) is 24.2 Å². The molecule has 2 rings (SSSR count). The van der Waals surface area contributed by atoms with E-state index >= 15 is 0 Å². The lowest BCUT2D eigenvalue weighted by molar-refractivity contribution is -0.435. The van der Waals surface area contributed by atoms with Gasteiger partial charge in [-0.2, -0.15) is 0 Å². The highest BCUT2D eigenvalue weighted by Crippen LogP contribution is 2.34. The lowest BCUT2D eigenvalue weighted by Crippen LogP contribution is -2.65. The summed E-state index contributed by atoms with van der Waals surface area (Å²) >= 11 is 0.0686. The van der Waals surface area contributed by atoms with Crippen LogP contribution in [0.3, 0.4) is 0 Å². The van der Waals surface area contributed by atoms with Crippen molar-refractivity contribution in [3.05, 3.63) is 11.6 Å². The fraction of sp³-hybridized carbons (Fsp3) is 0.913. The van der Waals surface area contributed by atoms with Crippen molar-refractivity contribution in [1.29, 1.82) is 0 Å². The number of hydrogen-bond acceptors (Lipinski definition) is 17. The third-order valence-corrected chi connectivity index (χ3v) is 12.5. The van der Waals surface area contributed by atoms with Crippen molar-refractivity contribution in [1.82, 2.24) is 0 Å². The number of aliphatic hydroxyl groups excluding tert-OH is 5. The second-order valence-electron chi connectivity index (χ2n) is 18.3. The van der Waals surface area contributed by atoms with E-state index in [0.717, 1.165) is 38.5 Å². The van der Waals surface area contributed by atoms with Gasteiger partial charge in [-0.05, 0) is 56.3 Å². The maximum atomic E-state index is 13.7. The number of rotatable bonds is 34. The molecule has 2 aliphatic rings. The fourth-order valence-electron chi connectivity index (χ4n) is 8.98. The summed E-state index contributed by atoms with van der Waals surface area (Å²) in [4.78, 5) is 27.2. The van der Waals surface area contributed by atoms with Gasteiger partial charge in [0.25, 0.3) is 0 Å². The molecule has 0 aromatic rings. The van der Waals surface area contributed by atoms with Gasteiger partial charge in [-0.3, -0.25) is 8.98 Å². The smallest absolute Gasteiger partial charge is 0.333 e. The van der Waals surface area contributed by atoms with Crippen LogP contribution in [0.5, 0.6) is 0 Å². The predicted octanol–water partition coefficient (Wildman–Crippen LogP) is 7.66. The summed E-state index contributed by atoms with van der Waals surface area (Å²) in [6.45, 7) is 13.3. The number of carbonyl (C=O) groups is 2. The van der Waals surface area contributed by atoms with Crippen molar-refractivity contribution < 1.29 is 77.6 Å². The fourth-order valence-corrected chi connectivity index (χ4v) is 9.36. The van der Waals surface area contributed by atoms with Crippen LogP contribution in [-0.4, -0.2) is 117 Å². The van der Waals surface area contributed by atoms with Gasteiger partial charge in [0.15, 0.2) is 30.8 Å². The lowest BCUT2D eigenvalue weighted by atomic mass is 9.84. The minimum absolute atomic E-state index is 0.00727. The molecule has 16 nitrogen and oxygen atoms in total. The standard InChI is InChI=1S/C46H84O16S/c1-8-10-11-12-13-14-15-16-17-18-19-20-21-23-37(49)57-43-42(58-44(53)34(7)27-33(6)26-32(5)25-31(4)24-30(3)22-9-2)39(51)36(29-48)56-46(43)59-45-40(52)41(60-63-62-61-54)38(50)35(28-47)55-45/h27,30-33,35-36,38-43,45-48,50-52,54H,8-26,28-29H2,1-7H3/t30-,31-,32-,33-,35?,36?,38?,39?,40?,41?,42?,43?,45?,46?/m0/s1. The second kappa shape index (κ2) is 33.1. The van der Waals surface area contributed by atoms with E-state index in [-0.39, 0.29) is 30.2 Å². The topological polar surface area (TPSA) is 229 Å². The van der Waals surface area contributed by atoms with Crippen LogP contribution >= 0.6 is 12.3 Å². The van der Waals surface area contributed by atoms with Crippen LogP contribution in [0.25, 0.3) is 0 Å². The van der Waals surface area contributed by atoms with Crippen molar-refractivity contribution in [3.63, 3.8) is 0 Å². The van der Waals surface area contributed by atoms with E-state index in [2.05, 4.69) is 44.0 Å². The Morgan fingerprint density at radius 1 is 0.651 bits per heavy atom. The largest absolute Gasteiger partial charge is 0.453 e. The number of esters is 2. The van der Waals surface area contributed by atoms with Gasteiger partial charge in [0.2, 0.25) is 6.29 Å². The minimum Gasteiger partial charge on any atom is -0.453 e. The average Bonchev–Trinajstić information content (AvgIpc) is 3.23. The van der Waals surface area contributed by atoms with E-state index in [1.807, 2.05) is 13.0 Å². The number of unbranched alkanes of at least 4 members (excludes halogenated alkanes) is 12. The number of ether oxygens (including phenoxy) is 5. The van der Waals surface area contributed by atoms with Crippen molar-refractivity contribution >= 4 is 24.3 Å². The minimum atomic E-state index is -1.82. The zero-order chi connectivity index (χ0) is 46.7. The number of allylic oxidation sites excluding steroid dienone is 1. The summed E-state index contributed by atoms with van der Waals surface area (Å²) in [6, 6.07) is 0. The molecule has 0 bridgehead atoms. The summed E-state index contributed by atoms with van der Waals surface area (Å²) in [5.41, 5.74) is 0.269. The molecule has 14 atom stereocenters. The summed E-state index contributed by atoms with van der Waals surface area (Å²) in [6.07, 6.45) is 5.71. The number of hydrogen-bond donors (Lipinski definition) is 6. The van der Waals surface area contributed by atoms with E-state index in [1.165, 1.54) is 70.6 Å². The van der Waals surface area contributed by atoms with Crippen LogP contribution in [0, 0.1) is 23.7 Å². The Labute approximate surface area is 381 Å². The van der Waals surface area contributed by atoms with Crippen molar-refractivity contribution in [3.8, 4) is 0 Å². The Morgan fingerprint density at radius 2 is 1.17 bits per heavy atom. The van der Waals surface area contributed by atoms with Gasteiger partial charge < -0.3 is 49.2 Å². The van der Waals surface area contributed by atoms with Crippen LogP contribution in [0.1, 0.15) is 170 Å². The molecular formula is C46H84O16S. The molecule has 0 aromatic heterocycles. The van der Waals surface area contributed by atoms with E-state index in [9.17, 15) is 35.1 Å². The van der Waals surface area contributed by atoms with Gasteiger partial charge in [-0.15, -0.1) is 4.33 Å². The molecule has 0 radical (unpaired) electrons. The van der Waals surface area contributed by atoms with Crippen LogP contribution in [0.15, 0.2) is 11.6 Å². The third-order valence-electron chi connectivity index (χ3n) is 12.1. The Kier molecular flexibility index (Phi) is 30.3. The highest BCUT2D eigenvalue weighted by Gasteiger charge is 2.54. The molecule has 2 fully saturated rings. The first-order chi connectivity index (χ1) is 30.2. The van der Waals surface area contributed by atoms with Crippen LogP contribution in [0.2, 0.25) is 0 Å². The molecular weight excluding hydrogens is 841 g/mol. The quantitative estimate of drug-likeness (QED) is 0.00909. The number of aliphatic hydroxyl groups is 5. The van der Waals surface area contributed by atoms with Gasteiger partial charge in [0.05, 0.1) is 13.2 Å². The Hall–Kier alpha value is -1.45. The van der Waals surface area contributed by atoms with Gasteiger partial charge in [0.1, 0.15) is 36.6 Å². The molecule has 17 heteroatoms. The predicted molar refractivity (Wildman–Crippen MR) is 237 cm³/mol. The zero-order valence-corrected chi connectivity index (χ0v) is 40.0. The molecule has 6 N–H and O–H groups in total. The summed E-state index contributed by atoms with van der Waals surface area (Å²) in [5.74, 6) is 0.204. The average molecular weight is 925 g/mol. The van der Waals surface area contributed by atoms with Crippen molar-refractivity contribution in [2.75, 3.05) is 13.2 Å². The molecule has 0 saturated carbocycles. The van der Waals surface area contributed by atoms with E-state index < -0.39 is 86.6 Å². The van der Waals surface area contributed by atoms with Gasteiger partial charge >= 0.3 is 11.9 Å². The monoisotopic (exact) mass is 925 g/mol. The van der Waals surface area contributed by atoms with Gasteiger partial charge in [0, 0.05) is 12.0 Å². The highest BCUT2D eigenvalue weighted by molar-refractivity contribution is 7.89. The Balaban J connectivity index is 2.21. The summed E-state index contributed by atoms with van der Waals surface area (Å²) < 4.78 is 38.7. The maximum Gasteiger partial charge on any atom is 0.333 e. The van der Waals surface area contributed by atoms with Crippen LogP contribution < -0.4 is 0 Å². The first-order valence-corrected chi connectivity index (χ1v) is 24.5. The molecule has 0 amide bonds. The normalized spacial score (nSPS) is 28.6. The molecule has 370 valence electrons. The summed E-state index contributed by atoms with van der Waals surface area (Å²) in [7, 11) is 0. The van der Waals surface area contributed by atoms with Gasteiger partial charge in [-0.25, -0.2) is 10.1 Å². The number of carbonyl (C=O) groups excluding carboxylic acids is 2. The van der Waals surface area contributed by atoms with Crippen LogP contribution in [-0.2, 0) is 46.8 Å². The molecule has 2 aliphatic heterocycles. The zero-order valence-electron chi connectivity index (χ0n) is 39.2. The molecule has 0 spiro atoms.